The summed E-state index contributed by atoms with van der Waals surface area (Å²) in [4.78, 5) is 0. The first kappa shape index (κ1) is 15.0. The van der Waals surface area contributed by atoms with Crippen LogP contribution in [0.15, 0.2) is 12.2 Å². The monoisotopic (exact) mass is 267 g/mol. The SMILES string of the molecule is CC1CC=CCC1COCC(O)CNC1CCCC1. The van der Waals surface area contributed by atoms with Crippen LogP contribution in [-0.4, -0.2) is 37.0 Å². The predicted molar refractivity (Wildman–Crippen MR) is 78.1 cm³/mol. The van der Waals surface area contributed by atoms with Gasteiger partial charge in [0.2, 0.25) is 0 Å². The Bertz CT molecular complexity index is 274. The summed E-state index contributed by atoms with van der Waals surface area (Å²) in [5.41, 5.74) is 0. The van der Waals surface area contributed by atoms with Crippen molar-refractivity contribution in [2.24, 2.45) is 11.8 Å². The van der Waals surface area contributed by atoms with Gasteiger partial charge < -0.3 is 15.2 Å². The van der Waals surface area contributed by atoms with Gasteiger partial charge in [-0.2, -0.15) is 0 Å². The lowest BCUT2D eigenvalue weighted by atomic mass is 9.85. The van der Waals surface area contributed by atoms with E-state index >= 15 is 0 Å². The van der Waals surface area contributed by atoms with Crippen LogP contribution in [0.1, 0.15) is 45.4 Å². The van der Waals surface area contributed by atoms with Crippen LogP contribution >= 0.6 is 0 Å². The van der Waals surface area contributed by atoms with Gasteiger partial charge in [-0.05, 0) is 37.5 Å². The van der Waals surface area contributed by atoms with E-state index in [0.717, 1.165) is 13.0 Å². The number of hydrogen-bond acceptors (Lipinski definition) is 3. The quantitative estimate of drug-likeness (QED) is 0.696. The smallest absolute Gasteiger partial charge is 0.0897 e. The second-order valence-electron chi connectivity index (χ2n) is 6.26. The number of ether oxygens (including phenoxy) is 1. The molecule has 0 aromatic rings. The fourth-order valence-electron chi connectivity index (χ4n) is 3.09. The summed E-state index contributed by atoms with van der Waals surface area (Å²) < 4.78 is 5.70. The number of rotatable bonds is 7. The fourth-order valence-corrected chi connectivity index (χ4v) is 3.09. The molecule has 0 aromatic carbocycles. The number of nitrogens with one attached hydrogen (secondary N) is 1. The maximum Gasteiger partial charge on any atom is 0.0897 e. The van der Waals surface area contributed by atoms with Crippen molar-refractivity contribution in [3.05, 3.63) is 12.2 Å². The minimum Gasteiger partial charge on any atom is -0.389 e. The highest BCUT2D eigenvalue weighted by atomic mass is 16.5. The Kier molecular flexibility index (Phi) is 6.35. The second-order valence-corrected chi connectivity index (χ2v) is 6.26. The summed E-state index contributed by atoms with van der Waals surface area (Å²) in [5.74, 6) is 1.33. The average molecular weight is 267 g/mol. The Morgan fingerprint density at radius 2 is 2.00 bits per heavy atom. The first-order valence-corrected chi connectivity index (χ1v) is 7.90. The minimum atomic E-state index is -0.366. The number of aliphatic hydroxyl groups excluding tert-OH is 1. The summed E-state index contributed by atoms with van der Waals surface area (Å²) in [5, 5.41) is 13.3. The van der Waals surface area contributed by atoms with Crippen LogP contribution in [0.25, 0.3) is 0 Å². The van der Waals surface area contributed by atoms with E-state index in [1.54, 1.807) is 0 Å². The number of hydrogen-bond donors (Lipinski definition) is 2. The van der Waals surface area contributed by atoms with Gasteiger partial charge in [-0.3, -0.25) is 0 Å². The van der Waals surface area contributed by atoms with Gasteiger partial charge >= 0.3 is 0 Å². The van der Waals surface area contributed by atoms with Crippen LogP contribution in [-0.2, 0) is 4.74 Å². The lowest BCUT2D eigenvalue weighted by molar-refractivity contribution is 0.0120. The molecule has 3 unspecified atom stereocenters. The molecule has 0 heterocycles. The van der Waals surface area contributed by atoms with Crippen molar-refractivity contribution in [2.45, 2.75) is 57.6 Å². The number of aliphatic hydroxyl groups is 1. The van der Waals surface area contributed by atoms with E-state index in [4.69, 9.17) is 4.74 Å². The van der Waals surface area contributed by atoms with Crippen molar-refractivity contribution in [1.82, 2.24) is 5.32 Å². The summed E-state index contributed by atoms with van der Waals surface area (Å²) in [6.45, 7) is 4.21. The van der Waals surface area contributed by atoms with Crippen molar-refractivity contribution in [3.8, 4) is 0 Å². The molecule has 110 valence electrons. The maximum atomic E-state index is 9.90. The molecule has 1 fully saturated rings. The van der Waals surface area contributed by atoms with Gasteiger partial charge in [-0.15, -0.1) is 0 Å². The number of allylic oxidation sites excluding steroid dienone is 2. The van der Waals surface area contributed by atoms with E-state index < -0.39 is 0 Å². The third kappa shape index (κ3) is 5.25. The van der Waals surface area contributed by atoms with Gasteiger partial charge in [0.15, 0.2) is 0 Å². The van der Waals surface area contributed by atoms with Gasteiger partial charge in [0.05, 0.1) is 19.3 Å². The van der Waals surface area contributed by atoms with Crippen LogP contribution in [0.3, 0.4) is 0 Å². The molecule has 1 saturated carbocycles. The van der Waals surface area contributed by atoms with E-state index in [1.165, 1.54) is 32.1 Å². The van der Waals surface area contributed by atoms with Gasteiger partial charge in [-0.25, -0.2) is 0 Å². The molecule has 2 N–H and O–H groups in total. The maximum absolute atomic E-state index is 9.90. The Balaban J connectivity index is 1.53. The second kappa shape index (κ2) is 8.03. The third-order valence-corrected chi connectivity index (χ3v) is 4.56. The molecule has 19 heavy (non-hydrogen) atoms. The molecule has 0 amide bonds. The van der Waals surface area contributed by atoms with Crippen LogP contribution in [0, 0.1) is 11.8 Å². The van der Waals surface area contributed by atoms with Gasteiger partial charge in [-0.1, -0.05) is 31.9 Å². The summed E-state index contributed by atoms with van der Waals surface area (Å²) in [7, 11) is 0. The molecule has 0 saturated heterocycles. The van der Waals surface area contributed by atoms with E-state index in [0.29, 0.717) is 31.0 Å². The highest BCUT2D eigenvalue weighted by molar-refractivity contribution is 4.93. The topological polar surface area (TPSA) is 41.5 Å². The molecule has 2 aliphatic rings. The molecule has 0 bridgehead atoms. The minimum absolute atomic E-state index is 0.366. The van der Waals surface area contributed by atoms with Crippen molar-refractivity contribution in [1.29, 1.82) is 0 Å². The Morgan fingerprint density at radius 1 is 1.26 bits per heavy atom. The van der Waals surface area contributed by atoms with E-state index in [1.807, 2.05) is 0 Å². The van der Waals surface area contributed by atoms with E-state index in [-0.39, 0.29) is 6.10 Å². The van der Waals surface area contributed by atoms with E-state index in [9.17, 15) is 5.11 Å². The van der Waals surface area contributed by atoms with Crippen molar-refractivity contribution in [3.63, 3.8) is 0 Å². The lowest BCUT2D eigenvalue weighted by Gasteiger charge is -2.25. The highest BCUT2D eigenvalue weighted by Gasteiger charge is 2.19. The molecular formula is C16H29NO2. The third-order valence-electron chi connectivity index (χ3n) is 4.56. The van der Waals surface area contributed by atoms with Crippen molar-refractivity contribution < 1.29 is 9.84 Å². The molecule has 2 rings (SSSR count). The standard InChI is InChI=1S/C16H29NO2/c1-13-6-2-3-7-14(13)11-19-12-16(18)10-17-15-8-4-5-9-15/h2-3,13-18H,4-12H2,1H3. The van der Waals surface area contributed by atoms with Crippen LogP contribution in [0.5, 0.6) is 0 Å². The molecule has 3 nitrogen and oxygen atoms in total. The zero-order chi connectivity index (χ0) is 13.5. The predicted octanol–water partition coefficient (Wildman–Crippen LogP) is 2.50. The lowest BCUT2D eigenvalue weighted by Crippen LogP contribution is -2.36. The zero-order valence-corrected chi connectivity index (χ0v) is 12.2. The van der Waals surface area contributed by atoms with E-state index in [2.05, 4.69) is 24.4 Å². The first-order valence-electron chi connectivity index (χ1n) is 7.90. The van der Waals surface area contributed by atoms with Crippen LogP contribution in [0.2, 0.25) is 0 Å². The Hall–Kier alpha value is -0.380. The molecule has 2 aliphatic carbocycles. The first-order chi connectivity index (χ1) is 9.25. The molecular weight excluding hydrogens is 238 g/mol. The van der Waals surface area contributed by atoms with Crippen molar-refractivity contribution >= 4 is 0 Å². The molecule has 3 atom stereocenters. The van der Waals surface area contributed by atoms with Gasteiger partial charge in [0, 0.05) is 12.6 Å². The summed E-state index contributed by atoms with van der Waals surface area (Å²) in [6, 6.07) is 0.623. The fraction of sp³-hybridized carbons (Fsp3) is 0.875. The zero-order valence-electron chi connectivity index (χ0n) is 12.2. The molecule has 0 radical (unpaired) electrons. The Labute approximate surface area is 117 Å². The molecule has 0 spiro atoms. The molecule has 0 aromatic heterocycles. The average Bonchev–Trinajstić information content (AvgIpc) is 2.92. The molecule has 3 heteroatoms. The van der Waals surface area contributed by atoms with Crippen molar-refractivity contribution in [2.75, 3.05) is 19.8 Å². The molecule has 0 aliphatic heterocycles. The largest absolute Gasteiger partial charge is 0.389 e. The normalized spacial score (nSPS) is 29.8. The van der Waals surface area contributed by atoms with Gasteiger partial charge in [0.25, 0.3) is 0 Å². The van der Waals surface area contributed by atoms with Gasteiger partial charge in [0.1, 0.15) is 0 Å². The summed E-state index contributed by atoms with van der Waals surface area (Å²) >= 11 is 0. The van der Waals surface area contributed by atoms with Crippen LogP contribution in [0.4, 0.5) is 0 Å². The Morgan fingerprint density at radius 3 is 2.74 bits per heavy atom. The highest BCUT2D eigenvalue weighted by Crippen LogP contribution is 2.25. The van der Waals surface area contributed by atoms with Crippen LogP contribution < -0.4 is 5.32 Å². The summed E-state index contributed by atoms with van der Waals surface area (Å²) in [6.07, 6.45) is 11.6.